The van der Waals surface area contributed by atoms with Gasteiger partial charge in [-0.05, 0) is 24.1 Å². The number of anilines is 1. The van der Waals surface area contributed by atoms with Crippen molar-refractivity contribution in [2.75, 3.05) is 18.4 Å². The fourth-order valence-electron chi connectivity index (χ4n) is 2.46. The fourth-order valence-corrected chi connectivity index (χ4v) is 2.46. The number of nitrogens with zero attached hydrogens (tertiary/aromatic N) is 2. The largest absolute Gasteiger partial charge is 0.384 e. The molecule has 1 aliphatic rings. The molecular weight excluding hydrogens is 252 g/mol. The number of carbonyl (C=O) groups is 1. The molecule has 0 bridgehead atoms. The van der Waals surface area contributed by atoms with Crippen LogP contribution in [-0.2, 0) is 19.9 Å². The van der Waals surface area contributed by atoms with Crippen LogP contribution in [0.15, 0.2) is 30.6 Å². The molecule has 2 heterocycles. The molecule has 20 heavy (non-hydrogen) atoms. The van der Waals surface area contributed by atoms with Gasteiger partial charge in [-0.3, -0.25) is 4.79 Å². The van der Waals surface area contributed by atoms with Gasteiger partial charge in [0.15, 0.2) is 0 Å². The minimum atomic E-state index is -0.0318. The number of rotatable bonds is 4. The van der Waals surface area contributed by atoms with Crippen LogP contribution in [0.25, 0.3) is 0 Å². The lowest BCUT2D eigenvalue weighted by molar-refractivity contribution is 0.0954. The van der Waals surface area contributed by atoms with Gasteiger partial charge in [0.25, 0.3) is 5.91 Å². The highest BCUT2D eigenvalue weighted by Crippen LogP contribution is 2.23. The third-order valence-electron chi connectivity index (χ3n) is 3.64. The number of aryl methyl sites for hydroxylation is 1. The Morgan fingerprint density at radius 3 is 3.20 bits per heavy atom. The van der Waals surface area contributed by atoms with E-state index in [1.54, 1.807) is 6.20 Å². The van der Waals surface area contributed by atoms with Crippen molar-refractivity contribution in [2.24, 2.45) is 7.05 Å². The smallest absolute Gasteiger partial charge is 0.251 e. The van der Waals surface area contributed by atoms with Gasteiger partial charge in [-0.2, -0.15) is 0 Å². The molecule has 0 radical (unpaired) electrons. The summed E-state index contributed by atoms with van der Waals surface area (Å²) in [7, 11) is 1.95. The molecule has 5 heteroatoms. The highest BCUT2D eigenvalue weighted by atomic mass is 16.1. The van der Waals surface area contributed by atoms with Crippen molar-refractivity contribution in [3.63, 3.8) is 0 Å². The van der Waals surface area contributed by atoms with Crippen molar-refractivity contribution in [2.45, 2.75) is 12.8 Å². The van der Waals surface area contributed by atoms with Crippen LogP contribution in [0.3, 0.4) is 0 Å². The first kappa shape index (κ1) is 12.7. The van der Waals surface area contributed by atoms with E-state index < -0.39 is 0 Å². The normalized spacial score (nSPS) is 12.8. The Balaban J connectivity index is 1.58. The van der Waals surface area contributed by atoms with Crippen molar-refractivity contribution in [3.8, 4) is 0 Å². The van der Waals surface area contributed by atoms with E-state index in [2.05, 4.69) is 15.6 Å². The molecule has 1 aromatic carbocycles. The molecule has 3 rings (SSSR count). The number of hydrogen-bond acceptors (Lipinski definition) is 3. The second-order valence-corrected chi connectivity index (χ2v) is 5.01. The van der Waals surface area contributed by atoms with Crippen LogP contribution in [0.5, 0.6) is 0 Å². The molecular formula is C15H18N4O. The van der Waals surface area contributed by atoms with Gasteiger partial charge >= 0.3 is 0 Å². The number of fused-ring (bicyclic) bond motifs is 1. The van der Waals surface area contributed by atoms with Crippen LogP contribution < -0.4 is 10.6 Å². The SMILES string of the molecule is Cn1ccnc1CCNC(=O)c1ccc2c(c1)NCC2. The van der Waals surface area contributed by atoms with Crippen LogP contribution in [0.2, 0.25) is 0 Å². The maximum atomic E-state index is 12.1. The Hall–Kier alpha value is -2.30. The van der Waals surface area contributed by atoms with Gasteiger partial charge in [0.1, 0.15) is 5.82 Å². The zero-order valence-corrected chi connectivity index (χ0v) is 11.5. The van der Waals surface area contributed by atoms with Crippen LogP contribution in [0.4, 0.5) is 5.69 Å². The zero-order chi connectivity index (χ0) is 13.9. The fraction of sp³-hybridized carbons (Fsp3) is 0.333. The van der Waals surface area contributed by atoms with Crippen LogP contribution in [0, 0.1) is 0 Å². The van der Waals surface area contributed by atoms with E-state index in [4.69, 9.17) is 0 Å². The number of nitrogens with one attached hydrogen (secondary N) is 2. The van der Waals surface area contributed by atoms with Crippen LogP contribution in [0.1, 0.15) is 21.7 Å². The Bertz CT molecular complexity index is 633. The van der Waals surface area contributed by atoms with E-state index in [1.165, 1.54) is 5.56 Å². The topological polar surface area (TPSA) is 59.0 Å². The molecule has 1 aliphatic heterocycles. The quantitative estimate of drug-likeness (QED) is 0.882. The van der Waals surface area contributed by atoms with Crippen molar-refractivity contribution >= 4 is 11.6 Å². The summed E-state index contributed by atoms with van der Waals surface area (Å²) < 4.78 is 1.96. The van der Waals surface area contributed by atoms with Gasteiger partial charge in [0.05, 0.1) is 0 Å². The number of hydrogen-bond donors (Lipinski definition) is 2. The van der Waals surface area contributed by atoms with Gasteiger partial charge in [-0.25, -0.2) is 4.98 Å². The Morgan fingerprint density at radius 2 is 2.40 bits per heavy atom. The first-order valence-electron chi connectivity index (χ1n) is 6.85. The molecule has 0 atom stereocenters. The van der Waals surface area contributed by atoms with E-state index in [1.807, 2.05) is 36.0 Å². The molecule has 0 spiro atoms. The standard InChI is InChI=1S/C15H18N4O/c1-19-9-8-17-14(19)5-7-18-15(20)12-3-2-11-4-6-16-13(11)10-12/h2-3,8-10,16H,4-7H2,1H3,(H,18,20). The molecule has 0 aliphatic carbocycles. The number of carbonyl (C=O) groups excluding carboxylic acids is 1. The van der Waals surface area contributed by atoms with Gasteiger partial charge in [-0.15, -0.1) is 0 Å². The zero-order valence-electron chi connectivity index (χ0n) is 11.5. The summed E-state index contributed by atoms with van der Waals surface area (Å²) in [4.78, 5) is 16.3. The average molecular weight is 270 g/mol. The first-order chi connectivity index (χ1) is 9.74. The maximum absolute atomic E-state index is 12.1. The van der Waals surface area contributed by atoms with Crippen molar-refractivity contribution in [1.82, 2.24) is 14.9 Å². The summed E-state index contributed by atoms with van der Waals surface area (Å²) in [6.45, 7) is 1.55. The Kier molecular flexibility index (Phi) is 3.41. The van der Waals surface area contributed by atoms with Gasteiger partial charge in [-0.1, -0.05) is 6.07 Å². The van der Waals surface area contributed by atoms with E-state index >= 15 is 0 Å². The third-order valence-corrected chi connectivity index (χ3v) is 3.64. The molecule has 1 amide bonds. The number of aromatic nitrogens is 2. The van der Waals surface area contributed by atoms with Gasteiger partial charge < -0.3 is 15.2 Å². The average Bonchev–Trinajstić information content (AvgIpc) is 3.07. The lowest BCUT2D eigenvalue weighted by atomic mass is 10.1. The molecule has 0 unspecified atom stereocenters. The second kappa shape index (κ2) is 5.36. The van der Waals surface area contributed by atoms with E-state index in [0.717, 1.165) is 30.9 Å². The molecule has 2 aromatic rings. The van der Waals surface area contributed by atoms with Crippen molar-refractivity contribution in [1.29, 1.82) is 0 Å². The number of imidazole rings is 1. The predicted octanol–water partition coefficient (Wildman–Crippen LogP) is 1.36. The molecule has 0 saturated carbocycles. The van der Waals surface area contributed by atoms with E-state index in [-0.39, 0.29) is 5.91 Å². The van der Waals surface area contributed by atoms with Crippen LogP contribution in [-0.4, -0.2) is 28.5 Å². The minimum Gasteiger partial charge on any atom is -0.384 e. The minimum absolute atomic E-state index is 0.0318. The number of amides is 1. The highest BCUT2D eigenvalue weighted by Gasteiger charge is 2.13. The van der Waals surface area contributed by atoms with Gasteiger partial charge in [0.2, 0.25) is 0 Å². The molecule has 1 aromatic heterocycles. The predicted molar refractivity (Wildman–Crippen MR) is 77.9 cm³/mol. The Morgan fingerprint density at radius 1 is 1.50 bits per heavy atom. The first-order valence-corrected chi connectivity index (χ1v) is 6.85. The number of benzene rings is 1. The van der Waals surface area contributed by atoms with E-state index in [9.17, 15) is 4.79 Å². The molecule has 5 nitrogen and oxygen atoms in total. The molecule has 0 fully saturated rings. The lowest BCUT2D eigenvalue weighted by Gasteiger charge is -2.07. The summed E-state index contributed by atoms with van der Waals surface area (Å²) in [6.07, 6.45) is 5.45. The summed E-state index contributed by atoms with van der Waals surface area (Å²) in [5.41, 5.74) is 3.08. The third kappa shape index (κ3) is 2.52. The summed E-state index contributed by atoms with van der Waals surface area (Å²) in [5.74, 6) is 0.941. The van der Waals surface area contributed by atoms with Crippen molar-refractivity contribution < 1.29 is 4.79 Å². The highest BCUT2D eigenvalue weighted by molar-refractivity contribution is 5.95. The summed E-state index contributed by atoms with van der Waals surface area (Å²) >= 11 is 0. The van der Waals surface area contributed by atoms with Crippen molar-refractivity contribution in [3.05, 3.63) is 47.5 Å². The molecule has 2 N–H and O–H groups in total. The second-order valence-electron chi connectivity index (χ2n) is 5.01. The summed E-state index contributed by atoms with van der Waals surface area (Å²) in [5, 5.41) is 6.22. The van der Waals surface area contributed by atoms with E-state index in [0.29, 0.717) is 12.1 Å². The molecule has 0 saturated heterocycles. The molecule has 104 valence electrons. The lowest BCUT2D eigenvalue weighted by Crippen LogP contribution is -2.26. The van der Waals surface area contributed by atoms with Gasteiger partial charge in [0, 0.05) is 50.2 Å². The monoisotopic (exact) mass is 270 g/mol. The van der Waals surface area contributed by atoms with Crippen LogP contribution >= 0.6 is 0 Å². The maximum Gasteiger partial charge on any atom is 0.251 e. The Labute approximate surface area is 118 Å². The summed E-state index contributed by atoms with van der Waals surface area (Å²) in [6, 6.07) is 5.85.